The fourth-order valence-corrected chi connectivity index (χ4v) is 2.65. The maximum atomic E-state index is 12.0. The van der Waals surface area contributed by atoms with Crippen LogP contribution in [0.1, 0.15) is 31.9 Å². The van der Waals surface area contributed by atoms with Gasteiger partial charge >= 0.3 is 12.1 Å². The standard InChI is InChI=1S/C22H27NO6/c1-22(2,3)29-21(26)23-17(20(24)25)13-16-11-8-12-18(27-4)19(16)28-14-15-9-6-5-7-10-15/h5-12,17H,13-14H2,1-4H3,(H,23,26)(H,24,25). The third-order valence-corrected chi connectivity index (χ3v) is 3.92. The first-order chi connectivity index (χ1) is 13.7. The summed E-state index contributed by atoms with van der Waals surface area (Å²) in [6, 6.07) is 13.6. The Morgan fingerprint density at radius 2 is 1.76 bits per heavy atom. The van der Waals surface area contributed by atoms with Crippen molar-refractivity contribution in [1.29, 1.82) is 0 Å². The number of carbonyl (C=O) groups is 2. The first-order valence-electron chi connectivity index (χ1n) is 9.24. The van der Waals surface area contributed by atoms with E-state index in [1.54, 1.807) is 39.0 Å². The highest BCUT2D eigenvalue weighted by molar-refractivity contribution is 5.80. The zero-order valence-corrected chi connectivity index (χ0v) is 17.1. The summed E-state index contributed by atoms with van der Waals surface area (Å²) < 4.78 is 16.5. The van der Waals surface area contributed by atoms with Crippen LogP contribution in [0.15, 0.2) is 48.5 Å². The van der Waals surface area contributed by atoms with Gasteiger partial charge in [0.1, 0.15) is 18.2 Å². The SMILES string of the molecule is COc1cccc(CC(NC(=O)OC(C)(C)C)C(=O)O)c1OCc1ccccc1. The van der Waals surface area contributed by atoms with Crippen LogP contribution in [0.2, 0.25) is 0 Å². The Morgan fingerprint density at radius 3 is 2.34 bits per heavy atom. The van der Waals surface area contributed by atoms with Gasteiger partial charge in [0.25, 0.3) is 0 Å². The van der Waals surface area contributed by atoms with Gasteiger partial charge in [-0.1, -0.05) is 42.5 Å². The summed E-state index contributed by atoms with van der Waals surface area (Å²) >= 11 is 0. The summed E-state index contributed by atoms with van der Waals surface area (Å²) in [5, 5.41) is 12.0. The molecular weight excluding hydrogens is 374 g/mol. The number of nitrogens with one attached hydrogen (secondary N) is 1. The molecular formula is C22H27NO6. The largest absolute Gasteiger partial charge is 0.493 e. The summed E-state index contributed by atoms with van der Waals surface area (Å²) in [4.78, 5) is 23.7. The maximum Gasteiger partial charge on any atom is 0.408 e. The highest BCUT2D eigenvalue weighted by Gasteiger charge is 2.26. The van der Waals surface area contributed by atoms with Crippen LogP contribution in [0.4, 0.5) is 4.79 Å². The Hall–Kier alpha value is -3.22. The number of carboxylic acids is 1. The van der Waals surface area contributed by atoms with E-state index < -0.39 is 23.7 Å². The summed E-state index contributed by atoms with van der Waals surface area (Å²) in [6.45, 7) is 5.42. The molecule has 0 heterocycles. The van der Waals surface area contributed by atoms with Gasteiger partial charge in [-0.2, -0.15) is 0 Å². The summed E-state index contributed by atoms with van der Waals surface area (Å²) in [5.74, 6) is -0.247. The van der Waals surface area contributed by atoms with Crippen LogP contribution in [0.25, 0.3) is 0 Å². The first-order valence-corrected chi connectivity index (χ1v) is 9.24. The van der Waals surface area contributed by atoms with Crippen molar-refractivity contribution in [2.75, 3.05) is 7.11 Å². The Bertz CT molecular complexity index is 829. The molecule has 156 valence electrons. The molecule has 1 atom stereocenters. The van der Waals surface area contributed by atoms with Crippen LogP contribution in [-0.4, -0.2) is 35.9 Å². The molecule has 7 heteroatoms. The van der Waals surface area contributed by atoms with Crippen molar-refractivity contribution in [3.8, 4) is 11.5 Å². The zero-order valence-electron chi connectivity index (χ0n) is 17.1. The molecule has 2 aromatic carbocycles. The van der Waals surface area contributed by atoms with Gasteiger partial charge in [0.2, 0.25) is 0 Å². The Morgan fingerprint density at radius 1 is 1.07 bits per heavy atom. The first kappa shape index (κ1) is 22.1. The van der Waals surface area contributed by atoms with Gasteiger partial charge in [0.15, 0.2) is 11.5 Å². The fraction of sp³-hybridized carbons (Fsp3) is 0.364. The molecule has 0 bridgehead atoms. The molecule has 2 N–H and O–H groups in total. The lowest BCUT2D eigenvalue weighted by atomic mass is 10.0. The summed E-state index contributed by atoms with van der Waals surface area (Å²) in [7, 11) is 1.52. The number of carbonyl (C=O) groups excluding carboxylic acids is 1. The van der Waals surface area contributed by atoms with E-state index in [1.807, 2.05) is 30.3 Å². The van der Waals surface area contributed by atoms with E-state index in [2.05, 4.69) is 5.32 Å². The van der Waals surface area contributed by atoms with E-state index in [0.29, 0.717) is 23.7 Å². The van der Waals surface area contributed by atoms with Gasteiger partial charge in [-0.15, -0.1) is 0 Å². The van der Waals surface area contributed by atoms with E-state index in [-0.39, 0.29) is 6.42 Å². The Balaban J connectivity index is 2.20. The third-order valence-electron chi connectivity index (χ3n) is 3.92. The third kappa shape index (κ3) is 7.03. The quantitative estimate of drug-likeness (QED) is 0.699. The molecule has 2 rings (SSSR count). The van der Waals surface area contributed by atoms with Crippen LogP contribution >= 0.6 is 0 Å². The molecule has 0 aliphatic heterocycles. The molecule has 0 spiro atoms. The van der Waals surface area contributed by atoms with Gasteiger partial charge in [0, 0.05) is 12.0 Å². The van der Waals surface area contributed by atoms with Gasteiger partial charge < -0.3 is 24.6 Å². The second-order valence-electron chi connectivity index (χ2n) is 7.46. The number of methoxy groups -OCH3 is 1. The molecule has 29 heavy (non-hydrogen) atoms. The molecule has 7 nitrogen and oxygen atoms in total. The average Bonchev–Trinajstić information content (AvgIpc) is 2.65. The van der Waals surface area contributed by atoms with E-state index in [9.17, 15) is 14.7 Å². The lowest BCUT2D eigenvalue weighted by Crippen LogP contribution is -2.44. The number of carboxylic acid groups (broad SMARTS) is 1. The van der Waals surface area contributed by atoms with Crippen molar-refractivity contribution in [2.45, 2.75) is 45.4 Å². The molecule has 1 unspecified atom stereocenters. The van der Waals surface area contributed by atoms with Crippen LogP contribution in [0.5, 0.6) is 11.5 Å². The van der Waals surface area contributed by atoms with Gasteiger partial charge in [0.05, 0.1) is 7.11 Å². The van der Waals surface area contributed by atoms with Crippen LogP contribution in [0, 0.1) is 0 Å². The number of hydrogen-bond acceptors (Lipinski definition) is 5. The Labute approximate surface area is 170 Å². The van der Waals surface area contributed by atoms with E-state index in [4.69, 9.17) is 14.2 Å². The number of hydrogen-bond donors (Lipinski definition) is 2. The molecule has 0 fully saturated rings. The molecule has 2 aromatic rings. The summed E-state index contributed by atoms with van der Waals surface area (Å²) in [5.41, 5.74) is 0.835. The molecule has 0 aliphatic carbocycles. The topological polar surface area (TPSA) is 94.1 Å². The van der Waals surface area contributed by atoms with E-state index in [0.717, 1.165) is 5.56 Å². The molecule has 0 aliphatic rings. The zero-order chi connectivity index (χ0) is 21.4. The number of ether oxygens (including phenoxy) is 3. The van der Waals surface area contributed by atoms with Crippen molar-refractivity contribution in [3.05, 3.63) is 59.7 Å². The predicted molar refractivity (Wildman–Crippen MR) is 108 cm³/mol. The van der Waals surface area contributed by atoms with Crippen LogP contribution < -0.4 is 14.8 Å². The van der Waals surface area contributed by atoms with Crippen molar-refractivity contribution < 1.29 is 28.9 Å². The monoisotopic (exact) mass is 401 g/mol. The van der Waals surface area contributed by atoms with E-state index >= 15 is 0 Å². The average molecular weight is 401 g/mol. The van der Waals surface area contributed by atoms with Crippen molar-refractivity contribution in [1.82, 2.24) is 5.32 Å². The fourth-order valence-electron chi connectivity index (χ4n) is 2.65. The van der Waals surface area contributed by atoms with Crippen LogP contribution in [-0.2, 0) is 22.6 Å². The second kappa shape index (κ2) is 9.82. The predicted octanol–water partition coefficient (Wildman–Crippen LogP) is 3.79. The number of aliphatic carboxylic acids is 1. The van der Waals surface area contributed by atoms with Gasteiger partial charge in [-0.05, 0) is 32.4 Å². The number of alkyl carbamates (subject to hydrolysis) is 1. The number of benzene rings is 2. The molecule has 1 amide bonds. The minimum atomic E-state index is -1.18. The lowest BCUT2D eigenvalue weighted by Gasteiger charge is -2.22. The molecule has 0 saturated heterocycles. The highest BCUT2D eigenvalue weighted by atomic mass is 16.6. The second-order valence-corrected chi connectivity index (χ2v) is 7.46. The highest BCUT2D eigenvalue weighted by Crippen LogP contribution is 2.32. The molecule has 0 saturated carbocycles. The van der Waals surface area contributed by atoms with Crippen LogP contribution in [0.3, 0.4) is 0 Å². The molecule has 0 radical (unpaired) electrons. The number of rotatable bonds is 8. The van der Waals surface area contributed by atoms with Gasteiger partial charge in [-0.3, -0.25) is 0 Å². The Kier molecular flexibility index (Phi) is 7.47. The number of para-hydroxylation sites is 1. The van der Waals surface area contributed by atoms with Crippen molar-refractivity contribution in [3.63, 3.8) is 0 Å². The minimum absolute atomic E-state index is 0.00982. The van der Waals surface area contributed by atoms with Crippen molar-refractivity contribution in [2.24, 2.45) is 0 Å². The van der Waals surface area contributed by atoms with Crippen molar-refractivity contribution >= 4 is 12.1 Å². The van der Waals surface area contributed by atoms with Gasteiger partial charge in [-0.25, -0.2) is 9.59 Å². The van der Waals surface area contributed by atoms with E-state index in [1.165, 1.54) is 7.11 Å². The minimum Gasteiger partial charge on any atom is -0.493 e. The lowest BCUT2D eigenvalue weighted by molar-refractivity contribution is -0.139. The normalized spacial score (nSPS) is 12.0. The smallest absolute Gasteiger partial charge is 0.408 e. The number of amides is 1. The maximum absolute atomic E-state index is 12.0. The summed E-state index contributed by atoms with van der Waals surface area (Å²) in [6.07, 6.45) is -0.782. The molecule has 0 aromatic heterocycles.